The van der Waals surface area contributed by atoms with Gasteiger partial charge in [0, 0.05) is 24.9 Å². The zero-order chi connectivity index (χ0) is 15.9. The zero-order valence-corrected chi connectivity index (χ0v) is 14.8. The molecule has 4 nitrogen and oxygen atoms in total. The zero-order valence-electron chi connectivity index (χ0n) is 14.0. The molecule has 0 aliphatic carbocycles. The lowest BCUT2D eigenvalue weighted by atomic mass is 9.98. The van der Waals surface area contributed by atoms with E-state index in [1.807, 2.05) is 32.0 Å². The fourth-order valence-electron chi connectivity index (χ4n) is 2.84. The molecular formula is C18H27ClN2O2. The summed E-state index contributed by atoms with van der Waals surface area (Å²) in [5, 5.41) is 6.29. The minimum Gasteiger partial charge on any atom is -0.356 e. The van der Waals surface area contributed by atoms with Gasteiger partial charge in [-0.05, 0) is 57.3 Å². The topological polar surface area (TPSA) is 58.2 Å². The second-order valence-electron chi connectivity index (χ2n) is 6.26. The molecule has 1 aromatic carbocycles. The Balaban J connectivity index is 0.00000264. The molecule has 0 radical (unpaired) electrons. The first kappa shape index (κ1) is 19.7. The summed E-state index contributed by atoms with van der Waals surface area (Å²) in [4.78, 5) is 24.1. The highest BCUT2D eigenvalue weighted by Gasteiger charge is 2.15. The molecule has 1 amide bonds. The van der Waals surface area contributed by atoms with Crippen molar-refractivity contribution in [3.8, 4) is 0 Å². The van der Waals surface area contributed by atoms with Gasteiger partial charge in [0.1, 0.15) is 0 Å². The third-order valence-electron chi connectivity index (χ3n) is 4.26. The first-order valence-electron chi connectivity index (χ1n) is 8.14. The van der Waals surface area contributed by atoms with Crippen molar-refractivity contribution in [3.05, 3.63) is 34.9 Å². The van der Waals surface area contributed by atoms with Gasteiger partial charge in [0.2, 0.25) is 5.91 Å². The molecule has 5 heteroatoms. The Morgan fingerprint density at radius 2 is 2.04 bits per heavy atom. The number of hydrogen-bond acceptors (Lipinski definition) is 3. The molecule has 0 aromatic heterocycles. The van der Waals surface area contributed by atoms with Crippen LogP contribution < -0.4 is 10.6 Å². The van der Waals surface area contributed by atoms with Gasteiger partial charge in [-0.2, -0.15) is 0 Å². The van der Waals surface area contributed by atoms with E-state index >= 15 is 0 Å². The molecule has 0 spiro atoms. The standard InChI is InChI=1S/C18H26N2O2.ClH/c1-13-5-6-14(2)16(10-13)17(21)7-8-18(22)20-12-15-4-3-9-19-11-15;/h5-6,10,15,19H,3-4,7-9,11-12H2,1-2H3,(H,20,22);1H. The second-order valence-corrected chi connectivity index (χ2v) is 6.26. The van der Waals surface area contributed by atoms with Gasteiger partial charge in [0.25, 0.3) is 0 Å². The number of Topliss-reactive ketones (excluding diaryl/α,β-unsaturated/α-hetero) is 1. The van der Waals surface area contributed by atoms with Crippen LogP contribution in [0, 0.1) is 19.8 Å². The largest absolute Gasteiger partial charge is 0.356 e. The summed E-state index contributed by atoms with van der Waals surface area (Å²) in [5.41, 5.74) is 2.79. The third kappa shape index (κ3) is 6.32. The van der Waals surface area contributed by atoms with E-state index in [4.69, 9.17) is 0 Å². The molecule has 2 N–H and O–H groups in total. The van der Waals surface area contributed by atoms with E-state index in [1.54, 1.807) is 0 Å². The average Bonchev–Trinajstić information content (AvgIpc) is 2.54. The van der Waals surface area contributed by atoms with Crippen molar-refractivity contribution < 1.29 is 9.59 Å². The van der Waals surface area contributed by atoms with Crippen molar-refractivity contribution in [1.82, 2.24) is 10.6 Å². The number of rotatable bonds is 6. The summed E-state index contributed by atoms with van der Waals surface area (Å²) in [6, 6.07) is 5.86. The summed E-state index contributed by atoms with van der Waals surface area (Å²) in [6.45, 7) is 6.67. The van der Waals surface area contributed by atoms with Crippen molar-refractivity contribution in [2.45, 2.75) is 39.5 Å². The SMILES string of the molecule is Cc1ccc(C)c(C(=O)CCC(=O)NCC2CCCNC2)c1.Cl. The molecule has 1 aromatic rings. The maximum atomic E-state index is 12.2. The maximum Gasteiger partial charge on any atom is 0.220 e. The number of ketones is 1. The van der Waals surface area contributed by atoms with Gasteiger partial charge in [0.15, 0.2) is 5.78 Å². The molecule has 1 aliphatic heterocycles. The number of aryl methyl sites for hydroxylation is 2. The number of nitrogens with one attached hydrogen (secondary N) is 2. The van der Waals surface area contributed by atoms with Crippen LogP contribution >= 0.6 is 12.4 Å². The molecule has 128 valence electrons. The van der Waals surface area contributed by atoms with Crippen LogP contribution in [0.1, 0.15) is 47.2 Å². The molecule has 0 bridgehead atoms. The Morgan fingerprint density at radius 1 is 1.26 bits per heavy atom. The van der Waals surface area contributed by atoms with Crippen LogP contribution in [0.15, 0.2) is 18.2 Å². The molecule has 1 aliphatic rings. The number of benzene rings is 1. The number of halogens is 1. The van der Waals surface area contributed by atoms with Crippen molar-refractivity contribution in [1.29, 1.82) is 0 Å². The molecular weight excluding hydrogens is 312 g/mol. The highest BCUT2D eigenvalue weighted by Crippen LogP contribution is 2.14. The van der Waals surface area contributed by atoms with Gasteiger partial charge in [-0.15, -0.1) is 12.4 Å². The van der Waals surface area contributed by atoms with Crippen LogP contribution in [0.2, 0.25) is 0 Å². The molecule has 1 fully saturated rings. The number of hydrogen-bond donors (Lipinski definition) is 2. The second kappa shape index (κ2) is 9.68. The minimum absolute atomic E-state index is 0. The van der Waals surface area contributed by atoms with Crippen LogP contribution in [0.5, 0.6) is 0 Å². The van der Waals surface area contributed by atoms with Crippen LogP contribution in [-0.2, 0) is 4.79 Å². The predicted octanol–water partition coefficient (Wildman–Crippen LogP) is 2.80. The quantitative estimate of drug-likeness (QED) is 0.784. The number of piperidine rings is 1. The summed E-state index contributed by atoms with van der Waals surface area (Å²) < 4.78 is 0. The van der Waals surface area contributed by atoms with Crippen molar-refractivity contribution >= 4 is 24.1 Å². The monoisotopic (exact) mass is 338 g/mol. The molecule has 0 saturated carbocycles. The van der Waals surface area contributed by atoms with E-state index in [-0.39, 0.29) is 36.9 Å². The minimum atomic E-state index is -0.0239. The molecule has 1 unspecified atom stereocenters. The van der Waals surface area contributed by atoms with E-state index < -0.39 is 0 Å². The lowest BCUT2D eigenvalue weighted by Gasteiger charge is -2.22. The number of amides is 1. The van der Waals surface area contributed by atoms with E-state index in [0.29, 0.717) is 12.5 Å². The molecule has 1 saturated heterocycles. The van der Waals surface area contributed by atoms with Crippen LogP contribution in [0.3, 0.4) is 0 Å². The molecule has 23 heavy (non-hydrogen) atoms. The Morgan fingerprint density at radius 3 is 2.74 bits per heavy atom. The molecule has 1 atom stereocenters. The Bertz CT molecular complexity index is 540. The number of carbonyl (C=O) groups excluding carboxylic acids is 2. The summed E-state index contributed by atoms with van der Waals surface area (Å²) >= 11 is 0. The van der Waals surface area contributed by atoms with E-state index in [2.05, 4.69) is 10.6 Å². The molecule has 2 rings (SSSR count). The van der Waals surface area contributed by atoms with Gasteiger partial charge < -0.3 is 10.6 Å². The van der Waals surface area contributed by atoms with Gasteiger partial charge in [0.05, 0.1) is 0 Å². The van der Waals surface area contributed by atoms with Crippen LogP contribution in [-0.4, -0.2) is 31.3 Å². The first-order chi connectivity index (χ1) is 10.6. The summed E-state index contributed by atoms with van der Waals surface area (Å²) in [5.74, 6) is 0.548. The fraction of sp³-hybridized carbons (Fsp3) is 0.556. The van der Waals surface area contributed by atoms with Crippen molar-refractivity contribution in [2.24, 2.45) is 5.92 Å². The lowest BCUT2D eigenvalue weighted by Crippen LogP contribution is -2.38. The van der Waals surface area contributed by atoms with Gasteiger partial charge >= 0.3 is 0 Å². The normalized spacial score (nSPS) is 17.2. The van der Waals surface area contributed by atoms with E-state index in [9.17, 15) is 9.59 Å². The number of carbonyl (C=O) groups is 2. The van der Waals surface area contributed by atoms with Gasteiger partial charge in [-0.1, -0.05) is 17.7 Å². The van der Waals surface area contributed by atoms with E-state index in [0.717, 1.165) is 36.2 Å². The summed E-state index contributed by atoms with van der Waals surface area (Å²) in [7, 11) is 0. The van der Waals surface area contributed by atoms with Gasteiger partial charge in [-0.3, -0.25) is 9.59 Å². The maximum absolute atomic E-state index is 12.2. The summed E-state index contributed by atoms with van der Waals surface area (Å²) in [6.07, 6.45) is 2.88. The van der Waals surface area contributed by atoms with Crippen molar-refractivity contribution in [3.63, 3.8) is 0 Å². The van der Waals surface area contributed by atoms with E-state index in [1.165, 1.54) is 6.42 Å². The van der Waals surface area contributed by atoms with Crippen molar-refractivity contribution in [2.75, 3.05) is 19.6 Å². The highest BCUT2D eigenvalue weighted by molar-refractivity contribution is 5.99. The Kier molecular flexibility index (Phi) is 8.28. The Hall–Kier alpha value is -1.39. The fourth-order valence-corrected chi connectivity index (χ4v) is 2.84. The smallest absolute Gasteiger partial charge is 0.220 e. The van der Waals surface area contributed by atoms with Crippen LogP contribution in [0.25, 0.3) is 0 Å². The highest BCUT2D eigenvalue weighted by atomic mass is 35.5. The third-order valence-corrected chi connectivity index (χ3v) is 4.26. The lowest BCUT2D eigenvalue weighted by molar-refractivity contribution is -0.121. The average molecular weight is 339 g/mol. The molecule has 1 heterocycles. The predicted molar refractivity (Wildman–Crippen MR) is 95.3 cm³/mol. The van der Waals surface area contributed by atoms with Gasteiger partial charge in [-0.25, -0.2) is 0 Å². The van der Waals surface area contributed by atoms with Crippen LogP contribution in [0.4, 0.5) is 0 Å². The Labute approximate surface area is 144 Å². The first-order valence-corrected chi connectivity index (χ1v) is 8.14.